The molecule has 6 atom stereocenters. The normalized spacial score (nSPS) is 39.8. The molecule has 0 saturated heterocycles. The van der Waals surface area contributed by atoms with Gasteiger partial charge in [0.15, 0.2) is 0 Å². The molecular weight excluding hydrogens is 382 g/mol. The van der Waals surface area contributed by atoms with Crippen molar-refractivity contribution in [2.45, 2.75) is 65.3 Å². The highest BCUT2D eigenvalue weighted by Crippen LogP contribution is 2.64. The molecule has 4 aliphatic rings. The van der Waals surface area contributed by atoms with E-state index in [4.69, 9.17) is 4.74 Å². The summed E-state index contributed by atoms with van der Waals surface area (Å²) in [6, 6.07) is 0.317. The lowest BCUT2D eigenvalue weighted by atomic mass is 9.70. The largest absolute Gasteiger partial charge is 0.691 e. The van der Waals surface area contributed by atoms with Crippen LogP contribution in [0, 0.1) is 34.5 Å². The first kappa shape index (κ1) is 22.0. The number of carbonyl (C=O) groups is 2. The summed E-state index contributed by atoms with van der Waals surface area (Å²) in [5.74, 6) is 2.72. The van der Waals surface area contributed by atoms with Gasteiger partial charge in [-0.1, -0.05) is 13.8 Å². The van der Waals surface area contributed by atoms with E-state index in [2.05, 4.69) is 29.0 Å². The second-order valence-electron chi connectivity index (χ2n) is 9.34. The summed E-state index contributed by atoms with van der Waals surface area (Å²) in [7, 11) is 0. The molecule has 4 aliphatic carbocycles. The van der Waals surface area contributed by atoms with Crippen molar-refractivity contribution >= 4 is 23.8 Å². The predicted molar refractivity (Wildman–Crippen MR) is 101 cm³/mol. The van der Waals surface area contributed by atoms with Gasteiger partial charge < -0.3 is 15.7 Å². The van der Waals surface area contributed by atoms with E-state index in [1.165, 1.54) is 19.3 Å². The van der Waals surface area contributed by atoms with E-state index in [1.807, 2.05) is 6.92 Å². The first-order valence-corrected chi connectivity index (χ1v) is 11.3. The Kier molecular flexibility index (Phi) is 6.76. The molecule has 0 aromatic carbocycles. The number of hydrogen-bond acceptors (Lipinski definition) is 7. The zero-order valence-corrected chi connectivity index (χ0v) is 17.9. The van der Waals surface area contributed by atoms with E-state index in [1.54, 1.807) is 0 Å². The molecule has 160 valence electrons. The highest BCUT2D eigenvalue weighted by atomic mass is 32.2. The number of rotatable bonds is 6. The van der Waals surface area contributed by atoms with Crippen molar-refractivity contribution in [2.24, 2.45) is 34.5 Å². The Morgan fingerprint density at radius 2 is 2.00 bits per heavy atom. The van der Waals surface area contributed by atoms with Gasteiger partial charge in [-0.05, 0) is 56.3 Å². The molecule has 0 aromatic heterocycles. The summed E-state index contributed by atoms with van der Waals surface area (Å²) in [6.45, 7) is 6.66. The van der Waals surface area contributed by atoms with Crippen LogP contribution in [0.15, 0.2) is 0 Å². The van der Waals surface area contributed by atoms with Gasteiger partial charge in [0.2, 0.25) is 0 Å². The molecule has 8 heteroatoms. The molecule has 0 amide bonds. The third-order valence-corrected chi connectivity index (χ3v) is 8.93. The maximum atomic E-state index is 12.0. The summed E-state index contributed by atoms with van der Waals surface area (Å²) in [5.41, 5.74) is 3.83. The van der Waals surface area contributed by atoms with Crippen molar-refractivity contribution < 1.29 is 34.7 Å². The molecule has 0 aliphatic heterocycles. The van der Waals surface area contributed by atoms with Gasteiger partial charge in [-0.2, -0.15) is 4.33 Å². The van der Waals surface area contributed by atoms with Crippen LogP contribution in [0.25, 0.3) is 0 Å². The van der Waals surface area contributed by atoms with Crippen LogP contribution in [0.3, 0.4) is 0 Å². The molecule has 0 radical (unpaired) electrons. The number of fused-ring (bicyclic) bond motifs is 4. The maximum absolute atomic E-state index is 12.0. The Hall–Kier alpha value is -0.670. The number of ether oxygens (including phenoxy) is 1. The molecule has 3 N–H and O–H groups in total. The average molecular weight is 416 g/mol. The molecular formula is C20H33NO6S. The lowest BCUT2D eigenvalue weighted by Crippen LogP contribution is -2.68. The molecule has 3 unspecified atom stereocenters. The molecule has 0 aromatic rings. The topological polar surface area (TPSA) is 113 Å². The van der Waals surface area contributed by atoms with E-state index in [0.29, 0.717) is 48.4 Å². The van der Waals surface area contributed by atoms with Crippen molar-refractivity contribution in [3.63, 3.8) is 0 Å². The fourth-order valence-corrected chi connectivity index (χ4v) is 7.23. The lowest BCUT2D eigenvalue weighted by molar-refractivity contribution is -0.777. The number of ketones is 1. The van der Waals surface area contributed by atoms with Crippen LogP contribution in [-0.4, -0.2) is 30.2 Å². The highest BCUT2D eigenvalue weighted by Gasteiger charge is 2.64. The van der Waals surface area contributed by atoms with Crippen LogP contribution in [-0.2, 0) is 23.7 Å². The van der Waals surface area contributed by atoms with E-state index < -0.39 is 0 Å². The van der Waals surface area contributed by atoms with Gasteiger partial charge in [0.05, 0.1) is 6.61 Å². The van der Waals surface area contributed by atoms with Gasteiger partial charge in [0.25, 0.3) is 0 Å². The van der Waals surface area contributed by atoms with Crippen molar-refractivity contribution in [1.82, 2.24) is 0 Å². The van der Waals surface area contributed by atoms with Gasteiger partial charge in [-0.25, -0.2) is 0 Å². The van der Waals surface area contributed by atoms with Crippen LogP contribution in [0.1, 0.15) is 59.3 Å². The van der Waals surface area contributed by atoms with Gasteiger partial charge >= 0.3 is 5.97 Å². The van der Waals surface area contributed by atoms with Crippen molar-refractivity contribution in [3.8, 4) is 0 Å². The van der Waals surface area contributed by atoms with Crippen LogP contribution >= 0.6 is 12.0 Å². The third kappa shape index (κ3) is 3.62. The standard InChI is InChI=1S/C10H17NO2.C10H16O4S/c1-2-13-10(12)8-6-3-4-7(5-6)9(8)11;1-9(2)7-3-4-10(9,8(11)5-7)6-15-14-13-12/h6-9H,2-5,11H2,1H3;7,12H,3-6H2,1-2H3/t6-,7+,8?,9?;7?,10-/m01/s1. The molecule has 4 saturated carbocycles. The first-order chi connectivity index (χ1) is 13.3. The Labute approximate surface area is 171 Å². The summed E-state index contributed by atoms with van der Waals surface area (Å²) < 4.78 is 9.36. The van der Waals surface area contributed by atoms with Crippen LogP contribution < -0.4 is 11.0 Å². The number of quaternary nitrogens is 1. The number of esters is 1. The molecule has 28 heavy (non-hydrogen) atoms. The minimum Gasteiger partial charge on any atom is -0.691 e. The average Bonchev–Trinajstić information content (AvgIpc) is 3.34. The van der Waals surface area contributed by atoms with Gasteiger partial charge in [0.1, 0.15) is 17.7 Å². The number of hydrogen-bond donors (Lipinski definition) is 1. The molecule has 4 rings (SSSR count). The minimum absolute atomic E-state index is 0.00491. The molecule has 7 nitrogen and oxygen atoms in total. The van der Waals surface area contributed by atoms with E-state index in [0.717, 1.165) is 24.9 Å². The third-order valence-electron chi connectivity index (χ3n) is 8.17. The number of Topliss-reactive ketones (excluding diaryl/α,β-unsaturated/α-hetero) is 1. The zero-order chi connectivity index (χ0) is 20.5. The Morgan fingerprint density at radius 3 is 2.50 bits per heavy atom. The predicted octanol–water partition coefficient (Wildman–Crippen LogP) is 1.46. The van der Waals surface area contributed by atoms with E-state index in [9.17, 15) is 14.8 Å². The maximum Gasteiger partial charge on any atom is 0.315 e. The van der Waals surface area contributed by atoms with Crippen LogP contribution in [0.5, 0.6) is 0 Å². The van der Waals surface area contributed by atoms with Gasteiger partial charge in [0, 0.05) is 35.5 Å². The minimum atomic E-state index is -0.305. The fourth-order valence-electron chi connectivity index (χ4n) is 6.27. The van der Waals surface area contributed by atoms with Crippen molar-refractivity contribution in [1.29, 1.82) is 0 Å². The Balaban J connectivity index is 0.000000162. The van der Waals surface area contributed by atoms with E-state index >= 15 is 0 Å². The molecule has 4 fully saturated rings. The van der Waals surface area contributed by atoms with E-state index in [-0.39, 0.29) is 22.7 Å². The summed E-state index contributed by atoms with van der Waals surface area (Å²) in [6.07, 6.45) is 6.40. The monoisotopic (exact) mass is 415 g/mol. The smallest absolute Gasteiger partial charge is 0.315 e. The molecule has 4 bridgehead atoms. The molecule has 0 heterocycles. The summed E-state index contributed by atoms with van der Waals surface area (Å²) in [4.78, 5) is 23.6. The van der Waals surface area contributed by atoms with Gasteiger partial charge in [-0.3, -0.25) is 14.6 Å². The van der Waals surface area contributed by atoms with Crippen LogP contribution in [0.2, 0.25) is 0 Å². The van der Waals surface area contributed by atoms with Crippen LogP contribution in [0.4, 0.5) is 0 Å². The lowest BCUT2D eigenvalue weighted by Gasteiger charge is -2.35. The summed E-state index contributed by atoms with van der Waals surface area (Å²) in [5, 5.41) is 13.0. The first-order valence-electron chi connectivity index (χ1n) is 10.4. The highest BCUT2D eigenvalue weighted by molar-refractivity contribution is 7.94. The zero-order valence-electron chi connectivity index (χ0n) is 17.1. The Bertz CT molecular complexity index is 597. The molecule has 0 spiro atoms. The second-order valence-corrected chi connectivity index (χ2v) is 10.0. The fraction of sp³-hybridized carbons (Fsp3) is 0.900. The summed E-state index contributed by atoms with van der Waals surface area (Å²) >= 11 is 0.951. The second kappa shape index (κ2) is 8.60. The quantitative estimate of drug-likeness (QED) is 0.230. The Morgan fingerprint density at radius 1 is 1.29 bits per heavy atom. The van der Waals surface area contributed by atoms with Gasteiger partial charge in [-0.15, -0.1) is 0 Å². The number of carbonyl (C=O) groups excluding carboxylic acids is 2. The van der Waals surface area contributed by atoms with Crippen molar-refractivity contribution in [2.75, 3.05) is 12.4 Å². The SMILES string of the molecule is CC1(C)C2CC[C@@]1(CSOO[O-])C(=O)C2.CCOC(=O)C1C([NH3+])[C@@H]2CC[C@H]1C2. The van der Waals surface area contributed by atoms with Crippen molar-refractivity contribution in [3.05, 3.63) is 0 Å².